The van der Waals surface area contributed by atoms with Gasteiger partial charge >= 0.3 is 0 Å². The van der Waals surface area contributed by atoms with Crippen LogP contribution < -0.4 is 4.74 Å². The summed E-state index contributed by atoms with van der Waals surface area (Å²) >= 11 is 0. The molecule has 0 aliphatic carbocycles. The molecule has 0 aliphatic heterocycles. The van der Waals surface area contributed by atoms with Gasteiger partial charge < -0.3 is 9.14 Å². The number of ether oxygens (including phenoxy) is 1. The third-order valence-corrected chi connectivity index (χ3v) is 4.66. The second-order valence-corrected chi connectivity index (χ2v) is 6.10. The van der Waals surface area contributed by atoms with E-state index in [2.05, 4.69) is 52.9 Å². The van der Waals surface area contributed by atoms with E-state index in [1.54, 1.807) is 7.11 Å². The van der Waals surface area contributed by atoms with Crippen molar-refractivity contribution >= 4 is 27.5 Å². The molecule has 0 aliphatic rings. The van der Waals surface area contributed by atoms with Gasteiger partial charge in [-0.25, -0.2) is 4.98 Å². The van der Waals surface area contributed by atoms with Gasteiger partial charge in [0.1, 0.15) is 5.75 Å². The summed E-state index contributed by atoms with van der Waals surface area (Å²) in [6, 6.07) is 27.0. The first-order valence-electron chi connectivity index (χ1n) is 8.28. The van der Waals surface area contributed by atoms with Gasteiger partial charge in [0.05, 0.1) is 34.9 Å². The fraction of sp³-hybridized carbons (Fsp3) is 0.0455. The van der Waals surface area contributed by atoms with Gasteiger partial charge in [0.2, 0.25) is 0 Å². The van der Waals surface area contributed by atoms with Crippen molar-refractivity contribution in [3.63, 3.8) is 0 Å². The first-order valence-corrected chi connectivity index (χ1v) is 8.28. The normalized spacial score (nSPS) is 11.4. The molecule has 0 radical (unpaired) electrons. The van der Waals surface area contributed by atoms with E-state index in [1.807, 2.05) is 30.3 Å². The zero-order chi connectivity index (χ0) is 16.8. The average molecular weight is 324 g/mol. The van der Waals surface area contributed by atoms with Gasteiger partial charge in [-0.2, -0.15) is 0 Å². The Morgan fingerprint density at radius 2 is 1.56 bits per heavy atom. The van der Waals surface area contributed by atoms with Gasteiger partial charge in [-0.15, -0.1) is 0 Å². The Balaban J connectivity index is 2.01. The lowest BCUT2D eigenvalue weighted by molar-refractivity contribution is 0.415. The van der Waals surface area contributed by atoms with Gasteiger partial charge in [-0.3, -0.25) is 0 Å². The molecule has 25 heavy (non-hydrogen) atoms. The SMILES string of the molecule is COc1ccc2cc3c(-c4ccccc4)nc4ccccc4n3c2c1. The lowest BCUT2D eigenvalue weighted by atomic mass is 10.1. The molecule has 2 heterocycles. The van der Waals surface area contributed by atoms with E-state index in [9.17, 15) is 0 Å². The molecule has 0 N–H and O–H groups in total. The summed E-state index contributed by atoms with van der Waals surface area (Å²) in [5.74, 6) is 0.856. The number of methoxy groups -OCH3 is 1. The summed E-state index contributed by atoms with van der Waals surface area (Å²) in [5, 5.41) is 1.18. The predicted octanol–water partition coefficient (Wildman–Crippen LogP) is 5.32. The van der Waals surface area contributed by atoms with Crippen LogP contribution in [0.5, 0.6) is 5.75 Å². The second kappa shape index (κ2) is 5.35. The summed E-state index contributed by atoms with van der Waals surface area (Å²) in [4.78, 5) is 4.96. The highest BCUT2D eigenvalue weighted by Gasteiger charge is 2.14. The van der Waals surface area contributed by atoms with Crippen molar-refractivity contribution in [3.05, 3.63) is 78.9 Å². The van der Waals surface area contributed by atoms with Crippen LogP contribution in [0.1, 0.15) is 0 Å². The molecular weight excluding hydrogens is 308 g/mol. The smallest absolute Gasteiger partial charge is 0.120 e. The zero-order valence-corrected chi connectivity index (χ0v) is 13.8. The van der Waals surface area contributed by atoms with E-state index in [0.29, 0.717) is 0 Å². The number of rotatable bonds is 2. The molecule has 0 fully saturated rings. The second-order valence-electron chi connectivity index (χ2n) is 6.10. The highest BCUT2D eigenvalue weighted by atomic mass is 16.5. The molecule has 0 saturated heterocycles. The third-order valence-electron chi connectivity index (χ3n) is 4.66. The van der Waals surface area contributed by atoms with Crippen LogP contribution >= 0.6 is 0 Å². The quantitative estimate of drug-likeness (QED) is 0.439. The topological polar surface area (TPSA) is 26.5 Å². The van der Waals surface area contributed by atoms with Crippen LogP contribution in [0.15, 0.2) is 78.9 Å². The fourth-order valence-electron chi connectivity index (χ4n) is 3.48. The molecule has 3 aromatic carbocycles. The average Bonchev–Trinajstić information content (AvgIpc) is 3.07. The fourth-order valence-corrected chi connectivity index (χ4v) is 3.48. The number of benzene rings is 3. The van der Waals surface area contributed by atoms with Crippen molar-refractivity contribution in [1.82, 2.24) is 9.38 Å². The van der Waals surface area contributed by atoms with E-state index in [1.165, 1.54) is 5.39 Å². The molecule has 2 aromatic heterocycles. The van der Waals surface area contributed by atoms with Crippen molar-refractivity contribution < 1.29 is 4.74 Å². The van der Waals surface area contributed by atoms with Crippen molar-refractivity contribution in [2.45, 2.75) is 0 Å². The molecule has 0 bridgehead atoms. The van der Waals surface area contributed by atoms with Gasteiger partial charge in [0.25, 0.3) is 0 Å². The van der Waals surface area contributed by atoms with Crippen LogP contribution in [-0.4, -0.2) is 16.5 Å². The summed E-state index contributed by atoms with van der Waals surface area (Å²) in [5.41, 5.74) is 6.43. The van der Waals surface area contributed by atoms with Crippen LogP contribution in [0.2, 0.25) is 0 Å². The lowest BCUT2D eigenvalue weighted by Gasteiger charge is -2.09. The predicted molar refractivity (Wildman–Crippen MR) is 102 cm³/mol. The molecule has 3 nitrogen and oxygen atoms in total. The number of hydrogen-bond donors (Lipinski definition) is 0. The standard InChI is InChI=1S/C22H16N2O/c1-25-17-12-11-16-13-21-22(15-7-3-2-4-8-15)23-18-9-5-6-10-19(18)24(21)20(16)14-17/h2-14H,1H3. The Labute approximate surface area is 145 Å². The minimum atomic E-state index is 0.856. The van der Waals surface area contributed by atoms with E-state index < -0.39 is 0 Å². The summed E-state index contributed by atoms with van der Waals surface area (Å²) in [6.45, 7) is 0. The number of para-hydroxylation sites is 2. The molecule has 0 amide bonds. The van der Waals surface area contributed by atoms with Crippen molar-refractivity contribution in [3.8, 4) is 17.0 Å². The first kappa shape index (κ1) is 14.1. The maximum Gasteiger partial charge on any atom is 0.120 e. The van der Waals surface area contributed by atoms with Crippen LogP contribution in [-0.2, 0) is 0 Å². The first-order chi connectivity index (χ1) is 12.3. The van der Waals surface area contributed by atoms with Crippen molar-refractivity contribution in [1.29, 1.82) is 0 Å². The maximum atomic E-state index is 5.44. The third kappa shape index (κ3) is 2.09. The highest BCUT2D eigenvalue weighted by molar-refractivity contribution is 5.98. The molecule has 0 saturated carbocycles. The molecular formula is C22H16N2O. The lowest BCUT2D eigenvalue weighted by Crippen LogP contribution is -1.95. The molecule has 120 valence electrons. The van der Waals surface area contributed by atoms with Crippen molar-refractivity contribution in [2.75, 3.05) is 7.11 Å². The number of aromatic nitrogens is 2. The summed E-state index contributed by atoms with van der Waals surface area (Å²) in [7, 11) is 1.70. The molecule has 3 heteroatoms. The van der Waals surface area contributed by atoms with E-state index >= 15 is 0 Å². The van der Waals surface area contributed by atoms with Crippen LogP contribution in [0.3, 0.4) is 0 Å². The number of hydrogen-bond acceptors (Lipinski definition) is 2. The minimum absolute atomic E-state index is 0.856. The van der Waals surface area contributed by atoms with Gasteiger partial charge in [0.15, 0.2) is 0 Å². The molecule has 0 atom stereocenters. The van der Waals surface area contributed by atoms with Gasteiger partial charge in [0, 0.05) is 17.0 Å². The van der Waals surface area contributed by atoms with E-state index in [0.717, 1.165) is 39.1 Å². The minimum Gasteiger partial charge on any atom is -0.497 e. The van der Waals surface area contributed by atoms with Gasteiger partial charge in [-0.05, 0) is 30.3 Å². The molecule has 5 rings (SSSR count). The van der Waals surface area contributed by atoms with E-state index in [4.69, 9.17) is 9.72 Å². The van der Waals surface area contributed by atoms with E-state index in [-0.39, 0.29) is 0 Å². The Kier molecular flexibility index (Phi) is 3.01. The molecule has 0 unspecified atom stereocenters. The monoisotopic (exact) mass is 324 g/mol. The van der Waals surface area contributed by atoms with Gasteiger partial charge in [-0.1, -0.05) is 42.5 Å². The Bertz CT molecular complexity index is 1220. The number of nitrogens with zero attached hydrogens (tertiary/aromatic N) is 2. The Hall–Kier alpha value is -3.33. The van der Waals surface area contributed by atoms with Crippen LogP contribution in [0.4, 0.5) is 0 Å². The summed E-state index contributed by atoms with van der Waals surface area (Å²) in [6.07, 6.45) is 0. The Morgan fingerprint density at radius 3 is 2.40 bits per heavy atom. The maximum absolute atomic E-state index is 5.44. The Morgan fingerprint density at radius 1 is 0.760 bits per heavy atom. The zero-order valence-electron chi connectivity index (χ0n) is 13.8. The summed E-state index contributed by atoms with van der Waals surface area (Å²) < 4.78 is 7.72. The number of fused-ring (bicyclic) bond motifs is 5. The van der Waals surface area contributed by atoms with Crippen LogP contribution in [0.25, 0.3) is 38.7 Å². The largest absolute Gasteiger partial charge is 0.497 e. The molecule has 0 spiro atoms. The van der Waals surface area contributed by atoms with Crippen molar-refractivity contribution in [2.24, 2.45) is 0 Å². The highest BCUT2D eigenvalue weighted by Crippen LogP contribution is 2.33. The molecule has 5 aromatic rings. The van der Waals surface area contributed by atoms with Crippen LogP contribution in [0, 0.1) is 0 Å².